The number of allylic oxidation sites excluding steroid dienone is 1. The topological polar surface area (TPSA) is 9.23 Å². The molecule has 0 saturated heterocycles. The molecule has 1 nitrogen and oxygen atoms in total. The number of para-hydroxylation sites is 1. The fourth-order valence-electron chi connectivity index (χ4n) is 1.05. The summed E-state index contributed by atoms with van der Waals surface area (Å²) in [6.45, 7) is 0. The first-order valence-electron chi connectivity index (χ1n) is 4.65. The van der Waals surface area contributed by atoms with Crippen LogP contribution in [0.15, 0.2) is 40.6 Å². The molecule has 1 rings (SSSR count). The Bertz CT molecular complexity index is 376. The van der Waals surface area contributed by atoms with Crippen molar-refractivity contribution in [2.75, 3.05) is 12.5 Å². The van der Waals surface area contributed by atoms with Crippen LogP contribution in [0.4, 0.5) is 13.2 Å². The van der Waals surface area contributed by atoms with Crippen LogP contribution >= 0.6 is 11.8 Å². The number of halogens is 3. The van der Waals surface area contributed by atoms with Crippen molar-refractivity contribution in [1.82, 2.24) is 0 Å². The molecule has 0 saturated carbocycles. The maximum Gasteiger partial charge on any atom is 0.415 e. The molecule has 0 spiro atoms. The highest BCUT2D eigenvalue weighted by molar-refractivity contribution is 8.18. The molecule has 0 bridgehead atoms. The van der Waals surface area contributed by atoms with Crippen LogP contribution in [-0.4, -0.2) is 18.7 Å². The zero-order chi connectivity index (χ0) is 12.9. The fourth-order valence-corrected chi connectivity index (χ4v) is 3.13. The van der Waals surface area contributed by atoms with E-state index in [1.807, 2.05) is 6.07 Å². The highest BCUT2D eigenvalue weighted by Gasteiger charge is 2.32. The second-order valence-electron chi connectivity index (χ2n) is 3.06. The van der Waals surface area contributed by atoms with Gasteiger partial charge in [-0.15, -0.1) is 0 Å². The van der Waals surface area contributed by atoms with Gasteiger partial charge in [0.25, 0.3) is 0 Å². The molecule has 0 aliphatic rings. The zero-order valence-corrected chi connectivity index (χ0v) is 11.0. The summed E-state index contributed by atoms with van der Waals surface area (Å²) in [7, 11) is 0. The van der Waals surface area contributed by atoms with Gasteiger partial charge in [-0.3, -0.25) is 4.18 Å². The van der Waals surface area contributed by atoms with Gasteiger partial charge in [0, 0.05) is 0 Å². The van der Waals surface area contributed by atoms with Gasteiger partial charge in [0.15, 0.2) is 5.75 Å². The SMILES string of the molecule is CSC(=CC(F)(F)F)[S+](C)Oc1ccccc1. The lowest BCUT2D eigenvalue weighted by Crippen LogP contribution is -2.12. The van der Waals surface area contributed by atoms with Crippen molar-refractivity contribution in [3.63, 3.8) is 0 Å². The highest BCUT2D eigenvalue weighted by Crippen LogP contribution is 2.29. The molecule has 0 amide bonds. The van der Waals surface area contributed by atoms with Gasteiger partial charge < -0.3 is 0 Å². The lowest BCUT2D eigenvalue weighted by molar-refractivity contribution is -0.0798. The van der Waals surface area contributed by atoms with Crippen LogP contribution in [0.25, 0.3) is 0 Å². The van der Waals surface area contributed by atoms with Crippen molar-refractivity contribution in [1.29, 1.82) is 0 Å². The van der Waals surface area contributed by atoms with E-state index in [-0.39, 0.29) is 4.24 Å². The normalized spacial score (nSPS) is 14.5. The standard InChI is InChI=1S/C11H12F3OS2/c1-16-10(8-11(12,13)14)17(2)15-9-6-4-3-5-7-9/h3-8H,1-2H3/q+1. The molecule has 0 aliphatic heterocycles. The van der Waals surface area contributed by atoms with E-state index in [2.05, 4.69) is 0 Å². The third-order valence-electron chi connectivity index (χ3n) is 1.73. The molecular formula is C11H12F3OS2+. The van der Waals surface area contributed by atoms with E-state index >= 15 is 0 Å². The molecule has 1 aromatic carbocycles. The lowest BCUT2D eigenvalue weighted by Gasteiger charge is -2.05. The van der Waals surface area contributed by atoms with Gasteiger partial charge in [-0.25, -0.2) is 0 Å². The Labute approximate surface area is 106 Å². The lowest BCUT2D eigenvalue weighted by atomic mass is 10.3. The van der Waals surface area contributed by atoms with Gasteiger partial charge in [0.05, 0.1) is 6.08 Å². The van der Waals surface area contributed by atoms with Gasteiger partial charge in [-0.05, 0) is 18.4 Å². The summed E-state index contributed by atoms with van der Waals surface area (Å²) in [5.74, 6) is 0.570. The monoisotopic (exact) mass is 281 g/mol. The quantitative estimate of drug-likeness (QED) is 0.772. The van der Waals surface area contributed by atoms with Gasteiger partial charge >= 0.3 is 6.18 Å². The molecule has 0 heterocycles. The Kier molecular flexibility index (Phi) is 5.27. The van der Waals surface area contributed by atoms with Crippen LogP contribution in [0.1, 0.15) is 0 Å². The van der Waals surface area contributed by atoms with Crippen molar-refractivity contribution in [3.05, 3.63) is 40.6 Å². The average molecular weight is 281 g/mol. The number of benzene rings is 1. The number of hydrogen-bond donors (Lipinski definition) is 0. The number of thioether (sulfide) groups is 1. The smallest absolute Gasteiger partial charge is 0.280 e. The fraction of sp³-hybridized carbons (Fsp3) is 0.273. The summed E-state index contributed by atoms with van der Waals surface area (Å²) in [6, 6.07) is 8.81. The van der Waals surface area contributed by atoms with E-state index in [0.717, 1.165) is 11.8 Å². The van der Waals surface area contributed by atoms with E-state index in [0.29, 0.717) is 11.8 Å². The van der Waals surface area contributed by atoms with E-state index in [9.17, 15) is 13.2 Å². The van der Waals surface area contributed by atoms with Gasteiger partial charge in [0.2, 0.25) is 15.4 Å². The Hall–Kier alpha value is -0.750. The molecule has 0 fully saturated rings. The van der Waals surface area contributed by atoms with Crippen LogP contribution in [0.5, 0.6) is 5.75 Å². The molecule has 1 aromatic rings. The average Bonchev–Trinajstić information content (AvgIpc) is 2.26. The third-order valence-corrected chi connectivity index (χ3v) is 4.58. The molecule has 1 atom stereocenters. The number of hydrogen-bond acceptors (Lipinski definition) is 2. The third kappa shape index (κ3) is 5.41. The minimum atomic E-state index is -4.31. The molecule has 0 N–H and O–H groups in total. The highest BCUT2D eigenvalue weighted by atomic mass is 32.3. The van der Waals surface area contributed by atoms with Gasteiger partial charge in [-0.1, -0.05) is 30.0 Å². The van der Waals surface area contributed by atoms with E-state index in [1.54, 1.807) is 36.8 Å². The van der Waals surface area contributed by atoms with Crippen molar-refractivity contribution < 1.29 is 17.4 Å². The maximum absolute atomic E-state index is 12.3. The molecule has 0 aromatic heterocycles. The number of alkyl halides is 3. The largest absolute Gasteiger partial charge is 0.415 e. The Balaban J connectivity index is 2.75. The molecule has 1 unspecified atom stereocenters. The second kappa shape index (κ2) is 6.26. The second-order valence-corrected chi connectivity index (χ2v) is 5.68. The summed E-state index contributed by atoms with van der Waals surface area (Å²) in [6.07, 6.45) is -0.778. The first-order chi connectivity index (χ1) is 7.92. The molecule has 0 radical (unpaired) electrons. The van der Waals surface area contributed by atoms with Gasteiger partial charge in [-0.2, -0.15) is 13.2 Å². The Morgan fingerprint density at radius 3 is 2.35 bits per heavy atom. The van der Waals surface area contributed by atoms with Crippen LogP contribution in [-0.2, 0) is 11.2 Å². The predicted octanol–water partition coefficient (Wildman–Crippen LogP) is 4.00. The molecule has 17 heavy (non-hydrogen) atoms. The van der Waals surface area contributed by atoms with E-state index < -0.39 is 17.4 Å². The van der Waals surface area contributed by atoms with E-state index in [1.165, 1.54) is 0 Å². The molecule has 0 aliphatic carbocycles. The predicted molar refractivity (Wildman–Crippen MR) is 68.0 cm³/mol. The van der Waals surface area contributed by atoms with Crippen molar-refractivity contribution >= 4 is 22.9 Å². The summed E-state index contributed by atoms with van der Waals surface area (Å²) < 4.78 is 42.4. The molecular weight excluding hydrogens is 269 g/mol. The molecule has 6 heteroatoms. The first-order valence-corrected chi connectivity index (χ1v) is 7.43. The number of rotatable bonds is 4. The maximum atomic E-state index is 12.3. The van der Waals surface area contributed by atoms with Gasteiger partial charge in [0.1, 0.15) is 6.26 Å². The van der Waals surface area contributed by atoms with Crippen molar-refractivity contribution in [2.24, 2.45) is 0 Å². The minimum Gasteiger partial charge on any atom is -0.280 e. The minimum absolute atomic E-state index is 0.182. The summed E-state index contributed by atoms with van der Waals surface area (Å²) in [4.78, 5) is 0. The van der Waals surface area contributed by atoms with E-state index in [4.69, 9.17) is 4.18 Å². The van der Waals surface area contributed by atoms with Crippen molar-refractivity contribution in [2.45, 2.75) is 6.18 Å². The summed E-state index contributed by atoms with van der Waals surface area (Å²) >= 11 is 0.151. The summed E-state index contributed by atoms with van der Waals surface area (Å²) in [5.41, 5.74) is 0. The van der Waals surface area contributed by atoms with Crippen molar-refractivity contribution in [3.8, 4) is 5.75 Å². The van der Waals surface area contributed by atoms with Crippen LogP contribution < -0.4 is 4.18 Å². The first kappa shape index (κ1) is 14.3. The summed E-state index contributed by atoms with van der Waals surface area (Å²) in [5, 5.41) is 0. The van der Waals surface area contributed by atoms with Crippen LogP contribution in [0.3, 0.4) is 0 Å². The van der Waals surface area contributed by atoms with Crippen LogP contribution in [0, 0.1) is 0 Å². The zero-order valence-electron chi connectivity index (χ0n) is 9.32. The Morgan fingerprint density at radius 2 is 1.88 bits per heavy atom. The van der Waals surface area contributed by atoms with Crippen LogP contribution in [0.2, 0.25) is 0 Å². The molecule has 94 valence electrons. The Morgan fingerprint density at radius 1 is 1.29 bits per heavy atom.